The zero-order valence-electron chi connectivity index (χ0n) is 10.8. The summed E-state index contributed by atoms with van der Waals surface area (Å²) in [5.41, 5.74) is 1.29. The van der Waals surface area contributed by atoms with Crippen molar-refractivity contribution in [2.45, 2.75) is 32.6 Å². The SMILES string of the molecule is CCCCCc1cccc(C(=O)C(=O)O)c1.CO. The Morgan fingerprint density at radius 3 is 2.39 bits per heavy atom. The van der Waals surface area contributed by atoms with Crippen LogP contribution in [0.25, 0.3) is 0 Å². The monoisotopic (exact) mass is 252 g/mol. The third-order valence-electron chi connectivity index (χ3n) is 2.45. The van der Waals surface area contributed by atoms with Crippen molar-refractivity contribution < 1.29 is 19.8 Å². The van der Waals surface area contributed by atoms with Crippen molar-refractivity contribution in [3.63, 3.8) is 0 Å². The van der Waals surface area contributed by atoms with Crippen LogP contribution in [0.5, 0.6) is 0 Å². The largest absolute Gasteiger partial charge is 0.475 e. The van der Waals surface area contributed by atoms with Gasteiger partial charge in [0.1, 0.15) is 0 Å². The van der Waals surface area contributed by atoms with Gasteiger partial charge in [-0.05, 0) is 24.5 Å². The summed E-state index contributed by atoms with van der Waals surface area (Å²) in [5, 5.41) is 15.6. The number of carboxylic acids is 1. The minimum absolute atomic E-state index is 0.265. The third kappa shape index (κ3) is 5.59. The van der Waals surface area contributed by atoms with Gasteiger partial charge in [-0.3, -0.25) is 4.79 Å². The molecule has 4 heteroatoms. The number of ketones is 1. The van der Waals surface area contributed by atoms with Crippen LogP contribution in [0, 0.1) is 0 Å². The number of hydrogen-bond acceptors (Lipinski definition) is 3. The van der Waals surface area contributed by atoms with E-state index >= 15 is 0 Å². The highest BCUT2D eigenvalue weighted by atomic mass is 16.4. The summed E-state index contributed by atoms with van der Waals surface area (Å²) in [4.78, 5) is 21.7. The Morgan fingerprint density at radius 2 is 1.83 bits per heavy atom. The molecule has 1 rings (SSSR count). The van der Waals surface area contributed by atoms with Crippen LogP contribution in [-0.4, -0.2) is 29.1 Å². The van der Waals surface area contributed by atoms with Crippen molar-refractivity contribution in [2.75, 3.05) is 7.11 Å². The molecule has 0 bridgehead atoms. The Kier molecular flexibility index (Phi) is 8.49. The molecule has 0 aliphatic heterocycles. The van der Waals surface area contributed by atoms with Crippen LogP contribution in [-0.2, 0) is 11.2 Å². The van der Waals surface area contributed by atoms with Crippen LogP contribution in [0.1, 0.15) is 42.1 Å². The molecule has 4 nitrogen and oxygen atoms in total. The maximum Gasteiger partial charge on any atom is 0.377 e. The van der Waals surface area contributed by atoms with Crippen molar-refractivity contribution in [1.82, 2.24) is 0 Å². The van der Waals surface area contributed by atoms with E-state index in [0.29, 0.717) is 0 Å². The summed E-state index contributed by atoms with van der Waals surface area (Å²) in [6.45, 7) is 2.13. The smallest absolute Gasteiger partial charge is 0.377 e. The summed E-state index contributed by atoms with van der Waals surface area (Å²) in [5.74, 6) is -2.23. The molecule has 18 heavy (non-hydrogen) atoms. The number of hydrogen-bond donors (Lipinski definition) is 2. The molecule has 0 saturated heterocycles. The fourth-order valence-corrected chi connectivity index (χ4v) is 1.57. The lowest BCUT2D eigenvalue weighted by Crippen LogP contribution is -2.12. The number of aryl methyl sites for hydroxylation is 1. The summed E-state index contributed by atoms with van der Waals surface area (Å²) < 4.78 is 0. The van der Waals surface area contributed by atoms with E-state index < -0.39 is 11.8 Å². The van der Waals surface area contributed by atoms with Crippen LogP contribution in [0.2, 0.25) is 0 Å². The summed E-state index contributed by atoms with van der Waals surface area (Å²) in [6, 6.07) is 6.87. The molecule has 0 aromatic heterocycles. The minimum Gasteiger partial charge on any atom is -0.475 e. The number of unbranched alkanes of at least 4 members (excludes halogenated alkanes) is 2. The molecule has 0 spiro atoms. The number of benzene rings is 1. The van der Waals surface area contributed by atoms with Crippen molar-refractivity contribution in [3.8, 4) is 0 Å². The molecule has 100 valence electrons. The normalized spacial score (nSPS) is 9.28. The average molecular weight is 252 g/mol. The van der Waals surface area contributed by atoms with E-state index in [0.717, 1.165) is 38.4 Å². The predicted octanol–water partition coefficient (Wildman–Crippen LogP) is 2.30. The van der Waals surface area contributed by atoms with Crippen LogP contribution in [0.15, 0.2) is 24.3 Å². The molecule has 0 saturated carbocycles. The number of carbonyl (C=O) groups is 2. The lowest BCUT2D eigenvalue weighted by molar-refractivity contribution is -0.131. The fraction of sp³-hybridized carbons (Fsp3) is 0.429. The predicted molar refractivity (Wildman–Crippen MR) is 69.8 cm³/mol. The number of aliphatic carboxylic acids is 1. The second-order valence-corrected chi connectivity index (χ2v) is 3.79. The van der Waals surface area contributed by atoms with Gasteiger partial charge in [-0.2, -0.15) is 0 Å². The lowest BCUT2D eigenvalue weighted by Gasteiger charge is -2.02. The lowest BCUT2D eigenvalue weighted by atomic mass is 10.0. The minimum atomic E-state index is -1.40. The fourth-order valence-electron chi connectivity index (χ4n) is 1.57. The average Bonchev–Trinajstić information content (AvgIpc) is 2.41. The summed E-state index contributed by atoms with van der Waals surface area (Å²) in [6.07, 6.45) is 4.26. The molecule has 2 N–H and O–H groups in total. The standard InChI is InChI=1S/C13H16O3.CH4O/c1-2-3-4-6-10-7-5-8-11(9-10)12(14)13(15)16;1-2/h5,7-9H,2-4,6H2,1H3,(H,15,16);2H,1H3. The number of aliphatic hydroxyl groups excluding tert-OH is 1. The zero-order chi connectivity index (χ0) is 14.0. The van der Waals surface area contributed by atoms with Crippen molar-refractivity contribution >= 4 is 11.8 Å². The van der Waals surface area contributed by atoms with Gasteiger partial charge in [0.25, 0.3) is 5.78 Å². The molecule has 0 aliphatic carbocycles. The van der Waals surface area contributed by atoms with E-state index in [-0.39, 0.29) is 5.56 Å². The summed E-state index contributed by atoms with van der Waals surface area (Å²) >= 11 is 0. The van der Waals surface area contributed by atoms with E-state index in [9.17, 15) is 9.59 Å². The maximum absolute atomic E-state index is 11.2. The van der Waals surface area contributed by atoms with Gasteiger partial charge in [0, 0.05) is 12.7 Å². The van der Waals surface area contributed by atoms with Crippen molar-refractivity contribution in [2.24, 2.45) is 0 Å². The number of aliphatic hydroxyl groups is 1. The summed E-state index contributed by atoms with van der Waals surface area (Å²) in [7, 11) is 1.00. The number of rotatable bonds is 6. The van der Waals surface area contributed by atoms with E-state index in [1.54, 1.807) is 18.2 Å². The van der Waals surface area contributed by atoms with E-state index in [1.165, 1.54) is 0 Å². The Hall–Kier alpha value is -1.68. The highest BCUT2D eigenvalue weighted by Gasteiger charge is 2.14. The zero-order valence-corrected chi connectivity index (χ0v) is 10.8. The Morgan fingerprint density at radius 1 is 1.17 bits per heavy atom. The molecule has 1 aromatic rings. The molecule has 0 atom stereocenters. The van der Waals surface area contributed by atoms with Gasteiger partial charge >= 0.3 is 5.97 Å². The first-order valence-electron chi connectivity index (χ1n) is 5.96. The van der Waals surface area contributed by atoms with Crippen LogP contribution < -0.4 is 0 Å². The van der Waals surface area contributed by atoms with Crippen molar-refractivity contribution in [3.05, 3.63) is 35.4 Å². The topological polar surface area (TPSA) is 74.6 Å². The quantitative estimate of drug-likeness (QED) is 0.463. The number of carbonyl (C=O) groups excluding carboxylic acids is 1. The second kappa shape index (κ2) is 9.36. The second-order valence-electron chi connectivity index (χ2n) is 3.79. The highest BCUT2D eigenvalue weighted by Crippen LogP contribution is 2.10. The molecule has 0 aliphatic rings. The van der Waals surface area contributed by atoms with E-state index in [2.05, 4.69) is 6.92 Å². The Bertz CT molecular complexity index is 385. The molecule has 0 fully saturated rings. The molecule has 0 amide bonds. The van der Waals surface area contributed by atoms with Gasteiger partial charge in [-0.25, -0.2) is 4.79 Å². The van der Waals surface area contributed by atoms with Gasteiger partial charge in [-0.1, -0.05) is 38.0 Å². The molecular weight excluding hydrogens is 232 g/mol. The molecule has 0 unspecified atom stereocenters. The first-order valence-corrected chi connectivity index (χ1v) is 5.96. The van der Waals surface area contributed by atoms with E-state index in [1.807, 2.05) is 6.07 Å². The molecular formula is C14H20O4. The van der Waals surface area contributed by atoms with Gasteiger partial charge in [0.05, 0.1) is 0 Å². The van der Waals surface area contributed by atoms with Gasteiger partial charge in [0.15, 0.2) is 0 Å². The van der Waals surface area contributed by atoms with Crippen LogP contribution >= 0.6 is 0 Å². The van der Waals surface area contributed by atoms with Crippen LogP contribution in [0.3, 0.4) is 0 Å². The molecule has 0 heterocycles. The Labute approximate surface area is 107 Å². The highest BCUT2D eigenvalue weighted by molar-refractivity contribution is 6.39. The van der Waals surface area contributed by atoms with Crippen LogP contribution in [0.4, 0.5) is 0 Å². The number of carboxylic acid groups (broad SMARTS) is 1. The van der Waals surface area contributed by atoms with E-state index in [4.69, 9.17) is 10.2 Å². The molecule has 1 aromatic carbocycles. The first-order chi connectivity index (χ1) is 8.65. The van der Waals surface area contributed by atoms with Gasteiger partial charge in [-0.15, -0.1) is 0 Å². The number of Topliss-reactive ketones (excluding diaryl/α,β-unsaturated/α-hetero) is 1. The Balaban J connectivity index is 0.00000137. The molecule has 0 radical (unpaired) electrons. The first kappa shape index (κ1) is 16.3. The third-order valence-corrected chi connectivity index (χ3v) is 2.45. The van der Waals surface area contributed by atoms with Gasteiger partial charge < -0.3 is 10.2 Å². The van der Waals surface area contributed by atoms with Gasteiger partial charge in [0.2, 0.25) is 0 Å². The van der Waals surface area contributed by atoms with Crippen molar-refractivity contribution in [1.29, 1.82) is 0 Å². The maximum atomic E-state index is 11.2.